The van der Waals surface area contributed by atoms with Crippen LogP contribution in [0.2, 0.25) is 0 Å². The summed E-state index contributed by atoms with van der Waals surface area (Å²) in [6, 6.07) is 0. The van der Waals surface area contributed by atoms with Crippen molar-refractivity contribution < 1.29 is 50.9 Å². The van der Waals surface area contributed by atoms with E-state index in [1.165, 1.54) is 0 Å². The Balaban J connectivity index is 0. The zero-order valence-corrected chi connectivity index (χ0v) is 7.14. The smallest absolute Gasteiger partial charge is 0 e. The van der Waals surface area contributed by atoms with Crippen molar-refractivity contribution in [1.29, 1.82) is 0 Å². The summed E-state index contributed by atoms with van der Waals surface area (Å²) in [6.07, 6.45) is 0. The van der Waals surface area contributed by atoms with Gasteiger partial charge >= 0.3 is 0 Å². The minimum absolute atomic E-state index is 0. The Labute approximate surface area is 69.0 Å². The van der Waals surface area contributed by atoms with Crippen LogP contribution in [0.5, 0.6) is 0 Å². The fourth-order valence-corrected chi connectivity index (χ4v) is 0. The number of hydrogen-bond donors (Lipinski definition) is 0. The average Bonchev–Trinajstić information content (AvgIpc) is 0. The van der Waals surface area contributed by atoms with Gasteiger partial charge in [0.1, 0.15) is 0 Å². The van der Waals surface area contributed by atoms with Crippen LogP contribution in [0.25, 0.3) is 0 Å². The van der Waals surface area contributed by atoms with Crippen molar-refractivity contribution >= 4 is 18.3 Å². The van der Waals surface area contributed by atoms with Crippen LogP contribution in [0.4, 0.5) is 0 Å². The molecule has 0 heterocycles. The van der Waals surface area contributed by atoms with Gasteiger partial charge in [-0.2, -0.15) is 9.90 Å². The van der Waals surface area contributed by atoms with Gasteiger partial charge in [0.2, 0.25) is 0 Å². The second-order valence-electron chi connectivity index (χ2n) is 0. The van der Waals surface area contributed by atoms with E-state index in [4.69, 9.17) is 0 Å². The molecule has 0 aliphatic rings. The van der Waals surface area contributed by atoms with Gasteiger partial charge in [0, 0.05) is 59.3 Å². The molecule has 0 bridgehead atoms. The van der Waals surface area contributed by atoms with E-state index in [0.29, 0.717) is 0 Å². The maximum absolute atomic E-state index is 0. The van der Waals surface area contributed by atoms with Crippen molar-refractivity contribution in [2.24, 2.45) is 0 Å². The standard InChI is InChI=1S/B.Cr.Fe.Ni.H3P/h;;;;1H3. The predicted molar refractivity (Wildman–Crippen MR) is 16.9 cm³/mol. The van der Waals surface area contributed by atoms with Crippen LogP contribution in [-0.2, 0) is 50.9 Å². The van der Waals surface area contributed by atoms with E-state index in [1.807, 2.05) is 0 Å². The van der Waals surface area contributed by atoms with Crippen molar-refractivity contribution in [3.63, 3.8) is 0 Å². The fraction of sp³-hybridized carbons (Fsp3) is 0. The SMILES string of the molecule is P.[B].[Cr].[Fe].[Ni]. The normalized spacial score (nSPS) is 0. The summed E-state index contributed by atoms with van der Waals surface area (Å²) >= 11 is 0. The van der Waals surface area contributed by atoms with Crippen LogP contribution in [-0.4, -0.2) is 8.41 Å². The zero-order valence-electron chi connectivity index (χ0n) is 2.36. The van der Waals surface area contributed by atoms with Gasteiger partial charge in [-0.1, -0.05) is 0 Å². The molecular weight excluding hydrogens is 208 g/mol. The first-order valence-corrected chi connectivity index (χ1v) is 0. The van der Waals surface area contributed by atoms with Gasteiger partial charge < -0.3 is 0 Å². The average molecular weight is 211 g/mol. The predicted octanol–water partition coefficient (Wildman–Crippen LogP) is -0.330. The minimum atomic E-state index is 0. The van der Waals surface area contributed by atoms with E-state index < -0.39 is 0 Å². The molecule has 0 nitrogen and oxygen atoms in total. The summed E-state index contributed by atoms with van der Waals surface area (Å²) in [5.41, 5.74) is 0. The molecule has 0 aliphatic carbocycles. The molecule has 0 fully saturated rings. The van der Waals surface area contributed by atoms with Gasteiger partial charge in [-0.15, -0.1) is 0 Å². The maximum Gasteiger partial charge on any atom is 0 e. The summed E-state index contributed by atoms with van der Waals surface area (Å²) in [6.45, 7) is 0. The molecule has 0 aromatic rings. The van der Waals surface area contributed by atoms with Crippen LogP contribution in [0, 0.1) is 0 Å². The van der Waals surface area contributed by atoms with E-state index >= 15 is 0 Å². The molecular formula is H3BCrFeNiP. The van der Waals surface area contributed by atoms with Crippen molar-refractivity contribution in [1.82, 2.24) is 0 Å². The summed E-state index contributed by atoms with van der Waals surface area (Å²) in [5, 5.41) is 0. The molecule has 0 aromatic carbocycles. The van der Waals surface area contributed by atoms with Crippen molar-refractivity contribution in [3.05, 3.63) is 0 Å². The molecule has 0 spiro atoms. The molecule has 0 rings (SSSR count). The molecule has 0 N–H and O–H groups in total. The summed E-state index contributed by atoms with van der Waals surface area (Å²) in [7, 11) is 0. The third kappa shape index (κ3) is 23.7. The second-order valence-corrected chi connectivity index (χ2v) is 0. The first-order valence-electron chi connectivity index (χ1n) is 0. The molecule has 35 valence electrons. The van der Waals surface area contributed by atoms with Gasteiger partial charge in [0.05, 0.1) is 0 Å². The molecule has 3 radical (unpaired) electrons. The molecule has 0 aliphatic heterocycles. The molecule has 5 heteroatoms. The van der Waals surface area contributed by atoms with Crippen LogP contribution < -0.4 is 0 Å². The van der Waals surface area contributed by atoms with Gasteiger partial charge in [0.25, 0.3) is 0 Å². The Morgan fingerprint density at radius 1 is 1.00 bits per heavy atom. The first-order chi connectivity index (χ1) is 0. The van der Waals surface area contributed by atoms with Crippen molar-refractivity contribution in [3.8, 4) is 0 Å². The van der Waals surface area contributed by atoms with Gasteiger partial charge in [-0.3, -0.25) is 0 Å². The summed E-state index contributed by atoms with van der Waals surface area (Å²) < 4.78 is 0. The topological polar surface area (TPSA) is 0 Å². The molecule has 1 unspecified atom stereocenters. The van der Waals surface area contributed by atoms with Crippen molar-refractivity contribution in [2.45, 2.75) is 0 Å². The minimum Gasteiger partial charge on any atom is -0.153 e. The molecule has 0 saturated carbocycles. The fourth-order valence-electron chi connectivity index (χ4n) is 0. The van der Waals surface area contributed by atoms with Gasteiger partial charge in [-0.05, 0) is 0 Å². The molecule has 0 aromatic heterocycles. The largest absolute Gasteiger partial charge is 0.153 e. The third-order valence-electron chi connectivity index (χ3n) is 0. The van der Waals surface area contributed by atoms with Gasteiger partial charge in [-0.25, -0.2) is 0 Å². The molecule has 0 saturated heterocycles. The second kappa shape index (κ2) is 36.9. The first kappa shape index (κ1) is 61.7. The van der Waals surface area contributed by atoms with Crippen LogP contribution in [0.3, 0.4) is 0 Å². The van der Waals surface area contributed by atoms with Crippen LogP contribution in [0.1, 0.15) is 0 Å². The Morgan fingerprint density at radius 3 is 1.00 bits per heavy atom. The monoisotopic (exact) mass is 211 g/mol. The van der Waals surface area contributed by atoms with Gasteiger partial charge in [0.15, 0.2) is 0 Å². The molecule has 5 heavy (non-hydrogen) atoms. The summed E-state index contributed by atoms with van der Waals surface area (Å²) in [5.74, 6) is 0. The number of rotatable bonds is 0. The quantitative estimate of drug-likeness (QED) is 0.380. The van der Waals surface area contributed by atoms with E-state index in [2.05, 4.69) is 0 Å². The zero-order chi connectivity index (χ0) is 0. The molecule has 0 amide bonds. The molecule has 1 atom stereocenters. The van der Waals surface area contributed by atoms with Crippen molar-refractivity contribution in [2.75, 3.05) is 0 Å². The van der Waals surface area contributed by atoms with Crippen LogP contribution >= 0.6 is 9.90 Å². The van der Waals surface area contributed by atoms with E-state index in [0.717, 1.165) is 0 Å². The van der Waals surface area contributed by atoms with E-state index in [9.17, 15) is 0 Å². The summed E-state index contributed by atoms with van der Waals surface area (Å²) in [4.78, 5) is 0. The Kier molecular flexibility index (Phi) is 455. The Morgan fingerprint density at radius 2 is 1.00 bits per heavy atom. The maximum atomic E-state index is 0. The Bertz CT molecular complexity index is 11.6. The van der Waals surface area contributed by atoms with E-state index in [-0.39, 0.29) is 69.2 Å². The Hall–Kier alpha value is 2.04. The third-order valence-corrected chi connectivity index (χ3v) is 0. The van der Waals surface area contributed by atoms with Crippen LogP contribution in [0.15, 0.2) is 0 Å². The number of hydrogen-bond acceptors (Lipinski definition) is 0. The van der Waals surface area contributed by atoms with E-state index in [1.54, 1.807) is 0 Å².